The van der Waals surface area contributed by atoms with Gasteiger partial charge in [0, 0.05) is 25.7 Å². The van der Waals surface area contributed by atoms with Crippen molar-refractivity contribution in [1.29, 1.82) is 0 Å². The lowest BCUT2D eigenvalue weighted by molar-refractivity contribution is -0.123. The predicted octanol–water partition coefficient (Wildman–Crippen LogP) is 1.60. The molecule has 0 atom stereocenters. The molecule has 0 saturated carbocycles. The Hall–Kier alpha value is -1.36. The molecule has 1 heterocycles. The molecule has 1 aromatic rings. The number of amides is 1. The molecule has 0 saturated heterocycles. The van der Waals surface area contributed by atoms with Gasteiger partial charge in [0.25, 0.3) is 0 Å². The van der Waals surface area contributed by atoms with E-state index in [9.17, 15) is 4.79 Å². The highest BCUT2D eigenvalue weighted by molar-refractivity contribution is 5.77. The van der Waals surface area contributed by atoms with Crippen LogP contribution in [-0.2, 0) is 18.3 Å². The van der Waals surface area contributed by atoms with Gasteiger partial charge in [0.05, 0.1) is 11.2 Å². The van der Waals surface area contributed by atoms with Crippen LogP contribution in [0.3, 0.4) is 0 Å². The van der Waals surface area contributed by atoms with Crippen LogP contribution in [0.5, 0.6) is 0 Å². The van der Waals surface area contributed by atoms with E-state index in [1.165, 1.54) is 5.56 Å². The molecule has 0 fully saturated rings. The first-order valence-electron chi connectivity index (χ1n) is 7.39. The number of rotatable bonds is 7. The number of hydrogen-bond donors (Lipinski definition) is 2. The maximum absolute atomic E-state index is 12.1. The molecule has 0 aromatic carbocycles. The van der Waals surface area contributed by atoms with Crippen molar-refractivity contribution in [3.63, 3.8) is 0 Å². The molecular formula is C15H28N4O. The Morgan fingerprint density at radius 2 is 1.95 bits per heavy atom. The molecule has 20 heavy (non-hydrogen) atoms. The SMILES string of the molecule is CCC(CC)(CN)NC(=O)CCc1c(C)nn(C)c1C. The summed E-state index contributed by atoms with van der Waals surface area (Å²) in [4.78, 5) is 12.1. The Bertz CT molecular complexity index is 452. The van der Waals surface area contributed by atoms with Gasteiger partial charge in [0.1, 0.15) is 0 Å². The van der Waals surface area contributed by atoms with Crippen molar-refractivity contribution in [3.8, 4) is 0 Å². The molecule has 3 N–H and O–H groups in total. The van der Waals surface area contributed by atoms with E-state index in [1.54, 1.807) is 0 Å². The van der Waals surface area contributed by atoms with Gasteiger partial charge in [-0.25, -0.2) is 0 Å². The first-order valence-corrected chi connectivity index (χ1v) is 7.39. The zero-order valence-electron chi connectivity index (χ0n) is 13.4. The van der Waals surface area contributed by atoms with Crippen molar-refractivity contribution < 1.29 is 4.79 Å². The van der Waals surface area contributed by atoms with E-state index < -0.39 is 0 Å². The third-order valence-corrected chi connectivity index (χ3v) is 4.41. The number of carbonyl (C=O) groups is 1. The third-order valence-electron chi connectivity index (χ3n) is 4.41. The molecule has 0 aliphatic heterocycles. The standard InChI is InChI=1S/C15H28N4O/c1-6-15(7-2,10-16)17-14(20)9-8-13-11(3)18-19(5)12(13)4/h6-10,16H2,1-5H3,(H,17,20). The fourth-order valence-electron chi connectivity index (χ4n) is 2.54. The molecule has 0 bridgehead atoms. The average Bonchev–Trinajstić information content (AvgIpc) is 2.68. The van der Waals surface area contributed by atoms with E-state index in [1.807, 2.05) is 25.6 Å². The molecule has 0 spiro atoms. The zero-order chi connectivity index (χ0) is 15.3. The van der Waals surface area contributed by atoms with Crippen LogP contribution in [0.25, 0.3) is 0 Å². The van der Waals surface area contributed by atoms with Gasteiger partial charge >= 0.3 is 0 Å². The summed E-state index contributed by atoms with van der Waals surface area (Å²) in [5.41, 5.74) is 8.87. The Morgan fingerprint density at radius 1 is 1.35 bits per heavy atom. The minimum absolute atomic E-state index is 0.0711. The molecular weight excluding hydrogens is 252 g/mol. The molecule has 0 aliphatic rings. The van der Waals surface area contributed by atoms with Crippen molar-refractivity contribution >= 4 is 5.91 Å². The van der Waals surface area contributed by atoms with Crippen LogP contribution >= 0.6 is 0 Å². The normalized spacial score (nSPS) is 11.7. The van der Waals surface area contributed by atoms with E-state index in [2.05, 4.69) is 24.3 Å². The average molecular weight is 280 g/mol. The number of nitrogens with zero attached hydrogens (tertiary/aromatic N) is 2. The second kappa shape index (κ2) is 6.88. The molecule has 1 rings (SSSR count). The van der Waals surface area contributed by atoms with Crippen molar-refractivity contribution in [2.45, 2.75) is 58.9 Å². The van der Waals surface area contributed by atoms with Gasteiger partial charge in [-0.1, -0.05) is 13.8 Å². The fourth-order valence-corrected chi connectivity index (χ4v) is 2.54. The minimum Gasteiger partial charge on any atom is -0.349 e. The topological polar surface area (TPSA) is 72.9 Å². The van der Waals surface area contributed by atoms with Crippen molar-refractivity contribution in [2.24, 2.45) is 12.8 Å². The molecule has 0 aliphatic carbocycles. The highest BCUT2D eigenvalue weighted by Crippen LogP contribution is 2.16. The van der Waals surface area contributed by atoms with E-state index in [0.29, 0.717) is 13.0 Å². The predicted molar refractivity (Wildman–Crippen MR) is 81.5 cm³/mol. The van der Waals surface area contributed by atoms with Gasteiger partial charge in [0.15, 0.2) is 0 Å². The molecule has 1 aromatic heterocycles. The second-order valence-electron chi connectivity index (χ2n) is 5.51. The monoisotopic (exact) mass is 280 g/mol. The Balaban J connectivity index is 2.64. The summed E-state index contributed by atoms with van der Waals surface area (Å²) in [7, 11) is 1.93. The first kappa shape index (κ1) is 16.7. The summed E-state index contributed by atoms with van der Waals surface area (Å²) in [6.45, 7) is 8.63. The van der Waals surface area contributed by atoms with Crippen LogP contribution in [0, 0.1) is 13.8 Å². The molecule has 1 amide bonds. The Labute approximate surface area is 121 Å². The van der Waals surface area contributed by atoms with Gasteiger partial charge < -0.3 is 11.1 Å². The largest absolute Gasteiger partial charge is 0.349 e. The van der Waals surface area contributed by atoms with E-state index in [4.69, 9.17) is 5.73 Å². The zero-order valence-corrected chi connectivity index (χ0v) is 13.4. The summed E-state index contributed by atoms with van der Waals surface area (Å²) in [6, 6.07) is 0. The van der Waals surface area contributed by atoms with E-state index in [0.717, 1.165) is 30.7 Å². The van der Waals surface area contributed by atoms with E-state index in [-0.39, 0.29) is 11.4 Å². The van der Waals surface area contributed by atoms with Crippen molar-refractivity contribution in [3.05, 3.63) is 17.0 Å². The molecule has 114 valence electrons. The molecule has 5 heteroatoms. The summed E-state index contributed by atoms with van der Waals surface area (Å²) in [5.74, 6) is 0.0711. The smallest absolute Gasteiger partial charge is 0.220 e. The van der Waals surface area contributed by atoms with Crippen molar-refractivity contribution in [2.75, 3.05) is 6.54 Å². The minimum atomic E-state index is -0.254. The van der Waals surface area contributed by atoms with E-state index >= 15 is 0 Å². The molecule has 0 radical (unpaired) electrons. The van der Waals surface area contributed by atoms with Crippen LogP contribution in [0.2, 0.25) is 0 Å². The highest BCUT2D eigenvalue weighted by Gasteiger charge is 2.26. The maximum atomic E-state index is 12.1. The lowest BCUT2D eigenvalue weighted by atomic mass is 9.92. The van der Waals surface area contributed by atoms with Gasteiger partial charge in [-0.2, -0.15) is 5.10 Å². The number of nitrogens with one attached hydrogen (secondary N) is 1. The van der Waals surface area contributed by atoms with Gasteiger partial charge in [0.2, 0.25) is 5.91 Å². The van der Waals surface area contributed by atoms with Crippen LogP contribution < -0.4 is 11.1 Å². The first-order chi connectivity index (χ1) is 9.39. The summed E-state index contributed by atoms with van der Waals surface area (Å²) in [6.07, 6.45) is 2.92. The quantitative estimate of drug-likeness (QED) is 0.797. The Kier molecular flexibility index (Phi) is 5.74. The lowest BCUT2D eigenvalue weighted by Gasteiger charge is -2.31. The number of aromatic nitrogens is 2. The van der Waals surface area contributed by atoms with Crippen LogP contribution in [0.4, 0.5) is 0 Å². The third kappa shape index (κ3) is 3.60. The number of carbonyl (C=O) groups excluding carboxylic acids is 1. The number of hydrogen-bond acceptors (Lipinski definition) is 3. The number of nitrogens with two attached hydrogens (primary N) is 1. The summed E-state index contributed by atoms with van der Waals surface area (Å²) >= 11 is 0. The highest BCUT2D eigenvalue weighted by atomic mass is 16.1. The lowest BCUT2D eigenvalue weighted by Crippen LogP contribution is -2.52. The summed E-state index contributed by atoms with van der Waals surface area (Å²) < 4.78 is 1.87. The summed E-state index contributed by atoms with van der Waals surface area (Å²) in [5, 5.41) is 7.48. The van der Waals surface area contributed by atoms with Crippen LogP contribution in [0.15, 0.2) is 0 Å². The molecule has 5 nitrogen and oxygen atoms in total. The van der Waals surface area contributed by atoms with Gasteiger partial charge in [-0.15, -0.1) is 0 Å². The Morgan fingerprint density at radius 3 is 2.35 bits per heavy atom. The maximum Gasteiger partial charge on any atom is 0.220 e. The van der Waals surface area contributed by atoms with Gasteiger partial charge in [-0.3, -0.25) is 9.48 Å². The van der Waals surface area contributed by atoms with Crippen LogP contribution in [0.1, 0.15) is 50.1 Å². The van der Waals surface area contributed by atoms with Gasteiger partial charge in [-0.05, 0) is 38.7 Å². The fraction of sp³-hybridized carbons (Fsp3) is 0.733. The number of aryl methyl sites for hydroxylation is 2. The van der Waals surface area contributed by atoms with Crippen molar-refractivity contribution in [1.82, 2.24) is 15.1 Å². The molecule has 0 unspecified atom stereocenters. The second-order valence-corrected chi connectivity index (χ2v) is 5.51. The van der Waals surface area contributed by atoms with Crippen LogP contribution in [-0.4, -0.2) is 27.8 Å².